The summed E-state index contributed by atoms with van der Waals surface area (Å²) in [6.07, 6.45) is 0. The SMILES string of the molecule is COc1ccccc1C(=O)N1CCNC[C@@H]1c1ccccc1OC. The first-order chi connectivity index (χ1) is 11.8. The van der Waals surface area contributed by atoms with Crippen molar-refractivity contribution >= 4 is 5.91 Å². The van der Waals surface area contributed by atoms with Crippen molar-refractivity contribution in [2.75, 3.05) is 33.9 Å². The van der Waals surface area contributed by atoms with E-state index in [4.69, 9.17) is 9.47 Å². The van der Waals surface area contributed by atoms with Crippen molar-refractivity contribution < 1.29 is 14.3 Å². The lowest BCUT2D eigenvalue weighted by atomic mass is 10.0. The molecule has 1 atom stereocenters. The van der Waals surface area contributed by atoms with Gasteiger partial charge in [0.2, 0.25) is 0 Å². The van der Waals surface area contributed by atoms with E-state index < -0.39 is 0 Å². The van der Waals surface area contributed by atoms with Crippen molar-refractivity contribution in [1.29, 1.82) is 0 Å². The van der Waals surface area contributed by atoms with E-state index >= 15 is 0 Å². The number of ether oxygens (including phenoxy) is 2. The molecule has 0 radical (unpaired) electrons. The quantitative estimate of drug-likeness (QED) is 0.938. The van der Waals surface area contributed by atoms with Crippen molar-refractivity contribution in [2.24, 2.45) is 0 Å². The number of para-hydroxylation sites is 2. The average Bonchev–Trinajstić information content (AvgIpc) is 2.67. The highest BCUT2D eigenvalue weighted by atomic mass is 16.5. The second-order valence-electron chi connectivity index (χ2n) is 5.66. The Morgan fingerprint density at radius 3 is 2.46 bits per heavy atom. The van der Waals surface area contributed by atoms with Gasteiger partial charge >= 0.3 is 0 Å². The average molecular weight is 326 g/mol. The molecule has 1 saturated heterocycles. The third-order valence-corrected chi connectivity index (χ3v) is 4.34. The zero-order valence-electron chi connectivity index (χ0n) is 14.0. The van der Waals surface area contributed by atoms with Gasteiger partial charge in [-0.3, -0.25) is 4.79 Å². The Morgan fingerprint density at radius 1 is 1.04 bits per heavy atom. The van der Waals surface area contributed by atoms with Crippen molar-refractivity contribution in [1.82, 2.24) is 10.2 Å². The number of piperazine rings is 1. The van der Waals surface area contributed by atoms with Gasteiger partial charge in [-0.1, -0.05) is 30.3 Å². The van der Waals surface area contributed by atoms with Crippen LogP contribution in [0.4, 0.5) is 0 Å². The molecule has 1 N–H and O–H groups in total. The number of nitrogens with one attached hydrogen (secondary N) is 1. The Hall–Kier alpha value is -2.53. The molecule has 2 aromatic carbocycles. The molecule has 5 heteroatoms. The second kappa shape index (κ2) is 7.36. The van der Waals surface area contributed by atoms with E-state index in [1.165, 1.54) is 0 Å². The second-order valence-corrected chi connectivity index (χ2v) is 5.66. The van der Waals surface area contributed by atoms with E-state index in [2.05, 4.69) is 5.32 Å². The maximum Gasteiger partial charge on any atom is 0.258 e. The van der Waals surface area contributed by atoms with E-state index in [-0.39, 0.29) is 11.9 Å². The number of benzene rings is 2. The Kier molecular flexibility index (Phi) is 5.01. The fourth-order valence-electron chi connectivity index (χ4n) is 3.14. The van der Waals surface area contributed by atoms with Crippen LogP contribution in [-0.2, 0) is 0 Å². The van der Waals surface area contributed by atoms with Crippen molar-refractivity contribution in [2.45, 2.75) is 6.04 Å². The number of carbonyl (C=O) groups is 1. The smallest absolute Gasteiger partial charge is 0.258 e. The predicted molar refractivity (Wildman–Crippen MR) is 92.6 cm³/mol. The summed E-state index contributed by atoms with van der Waals surface area (Å²) in [5.41, 5.74) is 1.59. The lowest BCUT2D eigenvalue weighted by molar-refractivity contribution is 0.0628. The summed E-state index contributed by atoms with van der Waals surface area (Å²) in [6, 6.07) is 15.1. The zero-order chi connectivity index (χ0) is 16.9. The Morgan fingerprint density at radius 2 is 1.71 bits per heavy atom. The van der Waals surface area contributed by atoms with Crippen LogP contribution in [0.15, 0.2) is 48.5 Å². The molecule has 3 rings (SSSR count). The Bertz CT molecular complexity index is 717. The third kappa shape index (κ3) is 3.08. The van der Waals surface area contributed by atoms with Gasteiger partial charge in [0, 0.05) is 25.2 Å². The van der Waals surface area contributed by atoms with Gasteiger partial charge in [0.25, 0.3) is 5.91 Å². The number of amides is 1. The van der Waals surface area contributed by atoms with Gasteiger partial charge < -0.3 is 19.7 Å². The number of nitrogens with zero attached hydrogens (tertiary/aromatic N) is 1. The lowest BCUT2D eigenvalue weighted by Crippen LogP contribution is -2.48. The van der Waals surface area contributed by atoms with Gasteiger partial charge in [-0.25, -0.2) is 0 Å². The normalized spacial score (nSPS) is 17.4. The molecule has 1 heterocycles. The molecule has 1 aliphatic rings. The van der Waals surface area contributed by atoms with Gasteiger partial charge in [-0.05, 0) is 18.2 Å². The van der Waals surface area contributed by atoms with Gasteiger partial charge in [-0.2, -0.15) is 0 Å². The van der Waals surface area contributed by atoms with E-state index in [0.29, 0.717) is 24.4 Å². The summed E-state index contributed by atoms with van der Waals surface area (Å²) < 4.78 is 10.8. The van der Waals surface area contributed by atoms with Crippen molar-refractivity contribution in [3.63, 3.8) is 0 Å². The summed E-state index contributed by atoms with van der Waals surface area (Å²) in [4.78, 5) is 15.0. The third-order valence-electron chi connectivity index (χ3n) is 4.34. The standard InChI is InChI=1S/C19H22N2O3/c1-23-17-9-5-3-7-14(17)16-13-20-11-12-21(16)19(22)15-8-4-6-10-18(15)24-2/h3-10,16,20H,11-13H2,1-2H3/t16-/m1/s1. The summed E-state index contributed by atoms with van der Waals surface area (Å²) in [5.74, 6) is 1.37. The monoisotopic (exact) mass is 326 g/mol. The largest absolute Gasteiger partial charge is 0.496 e. The highest BCUT2D eigenvalue weighted by Crippen LogP contribution is 2.32. The predicted octanol–water partition coefficient (Wildman–Crippen LogP) is 2.49. The highest BCUT2D eigenvalue weighted by Gasteiger charge is 2.31. The van der Waals surface area contributed by atoms with Crippen LogP contribution in [0.5, 0.6) is 11.5 Å². The van der Waals surface area contributed by atoms with Crippen molar-refractivity contribution in [3.05, 3.63) is 59.7 Å². The van der Waals surface area contributed by atoms with E-state index in [1.807, 2.05) is 53.4 Å². The molecule has 126 valence electrons. The minimum atomic E-state index is -0.0766. The minimum absolute atomic E-state index is 0.0233. The van der Waals surface area contributed by atoms with Crippen LogP contribution in [0.25, 0.3) is 0 Å². The van der Waals surface area contributed by atoms with E-state index in [9.17, 15) is 4.79 Å². The van der Waals surface area contributed by atoms with Gasteiger partial charge in [0.15, 0.2) is 0 Å². The summed E-state index contributed by atoms with van der Waals surface area (Å²) >= 11 is 0. The first-order valence-corrected chi connectivity index (χ1v) is 8.04. The van der Waals surface area contributed by atoms with Gasteiger partial charge in [0.05, 0.1) is 25.8 Å². The molecule has 1 amide bonds. The molecule has 5 nitrogen and oxygen atoms in total. The summed E-state index contributed by atoms with van der Waals surface area (Å²) in [6.45, 7) is 2.10. The number of methoxy groups -OCH3 is 2. The molecule has 0 aliphatic carbocycles. The van der Waals surface area contributed by atoms with Crippen LogP contribution in [0.3, 0.4) is 0 Å². The molecule has 2 aromatic rings. The van der Waals surface area contributed by atoms with Gasteiger partial charge in [-0.15, -0.1) is 0 Å². The molecule has 0 bridgehead atoms. The van der Waals surface area contributed by atoms with Crippen LogP contribution < -0.4 is 14.8 Å². The molecule has 0 saturated carbocycles. The number of rotatable bonds is 4. The topological polar surface area (TPSA) is 50.8 Å². The molecule has 24 heavy (non-hydrogen) atoms. The van der Waals surface area contributed by atoms with Crippen LogP contribution in [-0.4, -0.2) is 44.7 Å². The summed E-state index contributed by atoms with van der Waals surface area (Å²) in [5, 5.41) is 3.37. The van der Waals surface area contributed by atoms with E-state index in [0.717, 1.165) is 17.9 Å². The number of hydrogen-bond donors (Lipinski definition) is 1. The number of hydrogen-bond acceptors (Lipinski definition) is 4. The summed E-state index contributed by atoms with van der Waals surface area (Å²) in [7, 11) is 3.24. The molecular weight excluding hydrogens is 304 g/mol. The maximum absolute atomic E-state index is 13.1. The molecule has 0 unspecified atom stereocenters. The highest BCUT2D eigenvalue weighted by molar-refractivity contribution is 5.97. The maximum atomic E-state index is 13.1. The molecule has 0 spiro atoms. The van der Waals surface area contributed by atoms with Crippen LogP contribution in [0, 0.1) is 0 Å². The number of carbonyl (C=O) groups excluding carboxylic acids is 1. The first kappa shape index (κ1) is 16.3. The Balaban J connectivity index is 1.96. The minimum Gasteiger partial charge on any atom is -0.496 e. The van der Waals surface area contributed by atoms with Crippen LogP contribution >= 0.6 is 0 Å². The fourth-order valence-corrected chi connectivity index (χ4v) is 3.14. The molecule has 1 fully saturated rings. The van der Waals surface area contributed by atoms with Crippen LogP contribution in [0.1, 0.15) is 22.0 Å². The lowest BCUT2D eigenvalue weighted by Gasteiger charge is -2.37. The van der Waals surface area contributed by atoms with Crippen LogP contribution in [0.2, 0.25) is 0 Å². The van der Waals surface area contributed by atoms with Crippen molar-refractivity contribution in [3.8, 4) is 11.5 Å². The zero-order valence-corrected chi connectivity index (χ0v) is 14.0. The van der Waals surface area contributed by atoms with Gasteiger partial charge in [0.1, 0.15) is 11.5 Å². The van der Waals surface area contributed by atoms with E-state index in [1.54, 1.807) is 14.2 Å². The molecule has 0 aromatic heterocycles. The fraction of sp³-hybridized carbons (Fsp3) is 0.316. The Labute approximate surface area is 142 Å². The first-order valence-electron chi connectivity index (χ1n) is 8.04. The molecular formula is C19H22N2O3. The molecule has 1 aliphatic heterocycles.